The molecule has 3 aromatic rings. The van der Waals surface area contributed by atoms with Gasteiger partial charge in [0.2, 0.25) is 0 Å². The zero-order valence-electron chi connectivity index (χ0n) is 17.4. The van der Waals surface area contributed by atoms with Crippen molar-refractivity contribution in [2.75, 3.05) is 29.3 Å². The Hall–Kier alpha value is -2.90. The minimum Gasteiger partial charge on any atom is -0.371 e. The van der Waals surface area contributed by atoms with Crippen LogP contribution in [0.2, 0.25) is 0 Å². The molecule has 6 nitrogen and oxygen atoms in total. The summed E-state index contributed by atoms with van der Waals surface area (Å²) in [6, 6.07) is 22.6. The fourth-order valence-corrected chi connectivity index (χ4v) is 4.93. The van der Waals surface area contributed by atoms with Crippen molar-refractivity contribution >= 4 is 21.4 Å². The number of benzene rings is 2. The van der Waals surface area contributed by atoms with Crippen molar-refractivity contribution in [2.24, 2.45) is 0 Å². The van der Waals surface area contributed by atoms with Crippen molar-refractivity contribution < 1.29 is 8.42 Å². The third kappa shape index (κ3) is 5.83. The number of hydrogen-bond acceptors (Lipinski definition) is 5. The van der Waals surface area contributed by atoms with Gasteiger partial charge in [0.15, 0.2) is 0 Å². The second-order valence-corrected chi connectivity index (χ2v) is 9.43. The average Bonchev–Trinajstić information content (AvgIpc) is 2.81. The van der Waals surface area contributed by atoms with Gasteiger partial charge in [-0.25, -0.2) is 8.42 Å². The smallest absolute Gasteiger partial charge is 0.261 e. The summed E-state index contributed by atoms with van der Waals surface area (Å²) in [6.45, 7) is 2.91. The van der Waals surface area contributed by atoms with E-state index in [4.69, 9.17) is 0 Å². The molecule has 1 aromatic heterocycles. The highest BCUT2D eigenvalue weighted by molar-refractivity contribution is 7.92. The van der Waals surface area contributed by atoms with E-state index in [1.807, 2.05) is 42.6 Å². The van der Waals surface area contributed by atoms with Crippen molar-refractivity contribution in [3.8, 4) is 0 Å². The quantitative estimate of drug-likeness (QED) is 0.563. The molecule has 1 saturated heterocycles. The van der Waals surface area contributed by atoms with Crippen molar-refractivity contribution in [1.82, 2.24) is 10.3 Å². The maximum atomic E-state index is 12.5. The van der Waals surface area contributed by atoms with Crippen LogP contribution < -0.4 is 14.9 Å². The molecule has 0 amide bonds. The molecule has 1 aliphatic rings. The van der Waals surface area contributed by atoms with Crippen molar-refractivity contribution in [1.29, 1.82) is 0 Å². The number of pyridine rings is 1. The Balaban J connectivity index is 1.25. The van der Waals surface area contributed by atoms with E-state index < -0.39 is 10.0 Å². The summed E-state index contributed by atoms with van der Waals surface area (Å²) in [5, 5.41) is 3.65. The molecule has 0 bridgehead atoms. The van der Waals surface area contributed by atoms with Gasteiger partial charge in [-0.2, -0.15) is 0 Å². The van der Waals surface area contributed by atoms with Gasteiger partial charge >= 0.3 is 0 Å². The molecular weight excluding hydrogens is 408 g/mol. The molecule has 2 N–H and O–H groups in total. The van der Waals surface area contributed by atoms with Gasteiger partial charge in [0.25, 0.3) is 10.0 Å². The van der Waals surface area contributed by atoms with Gasteiger partial charge in [0.1, 0.15) is 0 Å². The SMILES string of the molecule is O=S(=O)(Nc1ccc(N2CCC(NCCc3ccccn3)CC2)cc1)c1ccccc1. The molecule has 1 fully saturated rings. The van der Waals surface area contributed by atoms with Crippen molar-refractivity contribution in [3.05, 3.63) is 84.7 Å². The van der Waals surface area contributed by atoms with Crippen LogP contribution in [0.3, 0.4) is 0 Å². The largest absolute Gasteiger partial charge is 0.371 e. The molecule has 31 heavy (non-hydrogen) atoms. The Morgan fingerprint density at radius 2 is 1.61 bits per heavy atom. The Kier molecular flexibility index (Phi) is 6.84. The number of anilines is 2. The molecule has 7 heteroatoms. The van der Waals surface area contributed by atoms with Gasteiger partial charge < -0.3 is 10.2 Å². The highest BCUT2D eigenvalue weighted by Crippen LogP contribution is 2.23. The van der Waals surface area contributed by atoms with Crippen molar-refractivity contribution in [3.63, 3.8) is 0 Å². The first-order chi connectivity index (χ1) is 15.1. The molecular formula is C24H28N4O2S. The molecule has 4 rings (SSSR count). The Morgan fingerprint density at radius 3 is 2.29 bits per heavy atom. The lowest BCUT2D eigenvalue weighted by atomic mass is 10.0. The molecule has 0 spiro atoms. The molecule has 0 unspecified atom stereocenters. The summed E-state index contributed by atoms with van der Waals surface area (Å²) in [7, 11) is -3.56. The lowest BCUT2D eigenvalue weighted by molar-refractivity contribution is 0.417. The van der Waals surface area contributed by atoms with E-state index in [2.05, 4.69) is 26.0 Å². The highest BCUT2D eigenvalue weighted by Gasteiger charge is 2.19. The van der Waals surface area contributed by atoms with Crippen LogP contribution in [0.1, 0.15) is 18.5 Å². The maximum absolute atomic E-state index is 12.5. The first-order valence-electron chi connectivity index (χ1n) is 10.7. The summed E-state index contributed by atoms with van der Waals surface area (Å²) in [5.41, 5.74) is 2.81. The molecule has 1 aliphatic heterocycles. The summed E-state index contributed by atoms with van der Waals surface area (Å²) < 4.78 is 27.6. The van der Waals surface area contributed by atoms with E-state index in [0.717, 1.165) is 50.3 Å². The van der Waals surface area contributed by atoms with E-state index in [9.17, 15) is 8.42 Å². The fourth-order valence-electron chi connectivity index (χ4n) is 3.85. The molecule has 2 aromatic carbocycles. The van der Waals surface area contributed by atoms with Crippen LogP contribution >= 0.6 is 0 Å². The van der Waals surface area contributed by atoms with Crippen molar-refractivity contribution in [2.45, 2.75) is 30.2 Å². The van der Waals surface area contributed by atoms with Gasteiger partial charge in [-0.3, -0.25) is 9.71 Å². The zero-order valence-corrected chi connectivity index (χ0v) is 18.3. The number of aromatic nitrogens is 1. The Labute approximate surface area is 184 Å². The second-order valence-electron chi connectivity index (χ2n) is 7.75. The van der Waals surface area contributed by atoms with E-state index in [0.29, 0.717) is 11.7 Å². The fraction of sp³-hybridized carbons (Fsp3) is 0.292. The number of nitrogens with zero attached hydrogens (tertiary/aromatic N) is 2. The highest BCUT2D eigenvalue weighted by atomic mass is 32.2. The van der Waals surface area contributed by atoms with Gasteiger partial charge in [-0.15, -0.1) is 0 Å². The Morgan fingerprint density at radius 1 is 0.903 bits per heavy atom. The van der Waals surface area contributed by atoms with E-state index >= 15 is 0 Å². The predicted octanol–water partition coefficient (Wildman–Crippen LogP) is 3.68. The molecule has 2 heterocycles. The maximum Gasteiger partial charge on any atom is 0.261 e. The van der Waals surface area contributed by atoms with Crippen LogP contribution in [0.15, 0.2) is 83.9 Å². The predicted molar refractivity (Wildman–Crippen MR) is 125 cm³/mol. The summed E-state index contributed by atoms with van der Waals surface area (Å²) in [6.07, 6.45) is 4.96. The molecule has 0 aliphatic carbocycles. The van der Waals surface area contributed by atoms with Crippen LogP contribution in [0.4, 0.5) is 11.4 Å². The first kappa shape index (κ1) is 21.3. The molecule has 0 radical (unpaired) electrons. The molecule has 0 atom stereocenters. The number of hydrogen-bond donors (Lipinski definition) is 2. The van der Waals surface area contributed by atoms with Gasteiger partial charge in [0.05, 0.1) is 4.90 Å². The van der Waals surface area contributed by atoms with Crippen LogP contribution in [0.5, 0.6) is 0 Å². The average molecular weight is 437 g/mol. The monoisotopic (exact) mass is 436 g/mol. The van der Waals surface area contributed by atoms with Gasteiger partial charge in [-0.05, 0) is 61.4 Å². The summed E-state index contributed by atoms with van der Waals surface area (Å²) >= 11 is 0. The lowest BCUT2D eigenvalue weighted by Gasteiger charge is -2.34. The topological polar surface area (TPSA) is 74.3 Å². The number of nitrogens with one attached hydrogen (secondary N) is 2. The van der Waals surface area contributed by atoms with E-state index in [1.54, 1.807) is 30.3 Å². The van der Waals surface area contributed by atoms with Crippen LogP contribution in [0, 0.1) is 0 Å². The van der Waals surface area contributed by atoms with E-state index in [-0.39, 0.29) is 4.90 Å². The van der Waals surface area contributed by atoms with Crippen LogP contribution in [-0.4, -0.2) is 39.1 Å². The zero-order chi connectivity index (χ0) is 21.5. The minimum atomic E-state index is -3.56. The normalized spacial score (nSPS) is 15.0. The standard InChI is InChI=1S/C24H28N4O2S/c29-31(30,24-7-2-1-3-8-24)27-22-9-11-23(12-10-22)28-18-14-21(15-19-28)26-17-13-20-6-4-5-16-25-20/h1-12,16,21,26-27H,13-15,17-19H2. The minimum absolute atomic E-state index is 0.261. The van der Waals surface area contributed by atoms with Crippen LogP contribution in [-0.2, 0) is 16.4 Å². The summed E-state index contributed by atoms with van der Waals surface area (Å²) in [5.74, 6) is 0. The van der Waals surface area contributed by atoms with Crippen LogP contribution in [0.25, 0.3) is 0 Å². The third-order valence-corrected chi connectivity index (χ3v) is 6.97. The first-order valence-corrected chi connectivity index (χ1v) is 12.1. The number of sulfonamides is 1. The Bertz CT molecular complexity index is 1050. The van der Waals surface area contributed by atoms with Gasteiger partial charge in [0, 0.05) is 55.4 Å². The van der Waals surface area contributed by atoms with Gasteiger partial charge in [-0.1, -0.05) is 24.3 Å². The third-order valence-electron chi connectivity index (χ3n) is 5.57. The number of rotatable bonds is 8. The lowest BCUT2D eigenvalue weighted by Crippen LogP contribution is -2.43. The second kappa shape index (κ2) is 9.94. The number of piperidine rings is 1. The summed E-state index contributed by atoms with van der Waals surface area (Å²) in [4.78, 5) is 6.98. The molecule has 0 saturated carbocycles. The van der Waals surface area contributed by atoms with E-state index in [1.165, 1.54) is 0 Å². The molecule has 162 valence electrons.